The molecule has 0 amide bonds. The topological polar surface area (TPSA) is 67.2 Å². The molecule has 5 heteroatoms. The van der Waals surface area contributed by atoms with Crippen molar-refractivity contribution in [3.8, 4) is 0 Å². The quantitative estimate of drug-likeness (QED) is 0.598. The first-order valence-electron chi connectivity index (χ1n) is 6.19. The lowest BCUT2D eigenvalue weighted by Crippen LogP contribution is -2.29. The first-order valence-corrected chi connectivity index (χ1v) is 6.19. The van der Waals surface area contributed by atoms with E-state index in [0.717, 1.165) is 24.3 Å². The van der Waals surface area contributed by atoms with Crippen molar-refractivity contribution >= 4 is 17.1 Å². The highest BCUT2D eigenvalue weighted by Gasteiger charge is 2.17. The molecule has 0 saturated heterocycles. The molecule has 0 saturated carbocycles. The summed E-state index contributed by atoms with van der Waals surface area (Å²) in [5, 5.41) is 17.3. The molecule has 2 N–H and O–H groups in total. The number of nitro benzene ring substituents is 1. The lowest BCUT2D eigenvalue weighted by atomic mass is 10.0. The average molecular weight is 251 g/mol. The van der Waals surface area contributed by atoms with Crippen molar-refractivity contribution in [3.05, 3.63) is 28.3 Å². The van der Waals surface area contributed by atoms with E-state index in [9.17, 15) is 10.1 Å². The number of non-ortho nitro benzene ring substituents is 1. The molecule has 0 unspecified atom stereocenters. The summed E-state index contributed by atoms with van der Waals surface area (Å²) >= 11 is 0. The normalized spacial score (nSPS) is 11.1. The fraction of sp³-hybridized carbons (Fsp3) is 0.538. The van der Waals surface area contributed by atoms with Crippen LogP contribution in [-0.2, 0) is 0 Å². The summed E-state index contributed by atoms with van der Waals surface area (Å²) in [7, 11) is 0. The van der Waals surface area contributed by atoms with Crippen LogP contribution in [0.25, 0.3) is 0 Å². The molecule has 0 heterocycles. The van der Waals surface area contributed by atoms with Gasteiger partial charge in [0.25, 0.3) is 5.69 Å². The van der Waals surface area contributed by atoms with Crippen molar-refractivity contribution < 1.29 is 4.92 Å². The first-order chi connectivity index (χ1) is 8.38. The molecule has 0 aromatic heterocycles. The maximum atomic E-state index is 10.9. The van der Waals surface area contributed by atoms with Gasteiger partial charge in [-0.1, -0.05) is 6.92 Å². The van der Waals surface area contributed by atoms with Gasteiger partial charge in [0, 0.05) is 35.6 Å². The van der Waals surface area contributed by atoms with Crippen LogP contribution in [-0.4, -0.2) is 17.0 Å². The number of nitrogens with zero attached hydrogens (tertiary/aromatic N) is 1. The van der Waals surface area contributed by atoms with Crippen molar-refractivity contribution in [2.75, 3.05) is 17.2 Å². The Morgan fingerprint density at radius 1 is 1.22 bits per heavy atom. The SMILES string of the molecule is CCNc1cc(NC(C)(C)CC)cc([N+](=O)[O-])c1. The summed E-state index contributed by atoms with van der Waals surface area (Å²) in [5.74, 6) is 0. The predicted molar refractivity (Wildman–Crippen MR) is 75.3 cm³/mol. The van der Waals surface area contributed by atoms with Crippen LogP contribution in [0.3, 0.4) is 0 Å². The summed E-state index contributed by atoms with van der Waals surface area (Å²) in [5.41, 5.74) is 1.55. The van der Waals surface area contributed by atoms with E-state index in [0.29, 0.717) is 0 Å². The molecule has 1 aromatic carbocycles. The van der Waals surface area contributed by atoms with Crippen molar-refractivity contribution in [2.24, 2.45) is 0 Å². The zero-order valence-electron chi connectivity index (χ0n) is 11.4. The molecule has 0 aliphatic heterocycles. The van der Waals surface area contributed by atoms with Crippen molar-refractivity contribution in [3.63, 3.8) is 0 Å². The minimum absolute atomic E-state index is 0.0846. The highest BCUT2D eigenvalue weighted by atomic mass is 16.6. The van der Waals surface area contributed by atoms with E-state index in [4.69, 9.17) is 0 Å². The van der Waals surface area contributed by atoms with Crippen LogP contribution in [0.2, 0.25) is 0 Å². The highest BCUT2D eigenvalue weighted by Crippen LogP contribution is 2.27. The summed E-state index contributed by atoms with van der Waals surface area (Å²) in [4.78, 5) is 10.5. The number of rotatable bonds is 6. The lowest BCUT2D eigenvalue weighted by molar-refractivity contribution is -0.384. The van der Waals surface area contributed by atoms with Gasteiger partial charge in [0.05, 0.1) is 4.92 Å². The van der Waals surface area contributed by atoms with Gasteiger partial charge in [0.2, 0.25) is 0 Å². The molecule has 0 aliphatic rings. The number of benzene rings is 1. The van der Waals surface area contributed by atoms with Gasteiger partial charge in [-0.25, -0.2) is 0 Å². The lowest BCUT2D eigenvalue weighted by Gasteiger charge is -2.26. The second-order valence-corrected chi connectivity index (χ2v) is 4.92. The van der Waals surface area contributed by atoms with E-state index < -0.39 is 0 Å². The van der Waals surface area contributed by atoms with Crippen LogP contribution >= 0.6 is 0 Å². The Labute approximate surface area is 108 Å². The molecule has 0 radical (unpaired) electrons. The standard InChI is InChI=1S/C13H21N3O2/c1-5-13(3,4)15-11-7-10(14-6-2)8-12(9-11)16(17)18/h7-9,14-15H,5-6H2,1-4H3. The summed E-state index contributed by atoms with van der Waals surface area (Å²) in [6, 6.07) is 5.01. The van der Waals surface area contributed by atoms with Crippen LogP contribution in [0.4, 0.5) is 17.1 Å². The van der Waals surface area contributed by atoms with E-state index in [2.05, 4.69) is 31.4 Å². The second-order valence-electron chi connectivity index (χ2n) is 4.92. The van der Waals surface area contributed by atoms with Gasteiger partial charge < -0.3 is 10.6 Å². The Morgan fingerprint density at radius 3 is 2.33 bits per heavy atom. The molecule has 100 valence electrons. The number of nitro groups is 1. The fourth-order valence-corrected chi connectivity index (χ4v) is 1.57. The molecule has 0 fully saturated rings. The van der Waals surface area contributed by atoms with Crippen molar-refractivity contribution in [1.82, 2.24) is 0 Å². The van der Waals surface area contributed by atoms with Gasteiger partial charge in [0.15, 0.2) is 0 Å². The Balaban J connectivity index is 3.06. The minimum atomic E-state index is -0.370. The van der Waals surface area contributed by atoms with E-state index in [1.165, 1.54) is 0 Å². The zero-order chi connectivity index (χ0) is 13.8. The Hall–Kier alpha value is -1.78. The largest absolute Gasteiger partial charge is 0.385 e. The molecule has 1 rings (SSSR count). The van der Waals surface area contributed by atoms with Crippen LogP contribution in [0, 0.1) is 10.1 Å². The molecule has 0 bridgehead atoms. The Kier molecular flexibility index (Phi) is 4.53. The molecule has 0 spiro atoms. The van der Waals surface area contributed by atoms with E-state index in [1.54, 1.807) is 12.1 Å². The molecular weight excluding hydrogens is 230 g/mol. The summed E-state index contributed by atoms with van der Waals surface area (Å²) in [6.45, 7) is 8.91. The monoisotopic (exact) mass is 251 g/mol. The fourth-order valence-electron chi connectivity index (χ4n) is 1.57. The zero-order valence-corrected chi connectivity index (χ0v) is 11.4. The van der Waals surface area contributed by atoms with Gasteiger partial charge in [0.1, 0.15) is 0 Å². The number of hydrogen-bond acceptors (Lipinski definition) is 4. The third kappa shape index (κ3) is 3.91. The number of anilines is 2. The Morgan fingerprint density at radius 2 is 1.83 bits per heavy atom. The highest BCUT2D eigenvalue weighted by molar-refractivity contribution is 5.64. The van der Waals surface area contributed by atoms with Crippen LogP contribution in [0.5, 0.6) is 0 Å². The first kappa shape index (κ1) is 14.3. The molecule has 0 atom stereocenters. The average Bonchev–Trinajstić information content (AvgIpc) is 2.28. The van der Waals surface area contributed by atoms with Gasteiger partial charge in [-0.2, -0.15) is 0 Å². The van der Waals surface area contributed by atoms with Crippen LogP contribution in [0.1, 0.15) is 34.1 Å². The van der Waals surface area contributed by atoms with Gasteiger partial charge in [-0.15, -0.1) is 0 Å². The third-order valence-electron chi connectivity index (χ3n) is 2.88. The van der Waals surface area contributed by atoms with Gasteiger partial charge in [-0.3, -0.25) is 10.1 Å². The van der Waals surface area contributed by atoms with Crippen molar-refractivity contribution in [2.45, 2.75) is 39.7 Å². The third-order valence-corrected chi connectivity index (χ3v) is 2.88. The number of hydrogen-bond donors (Lipinski definition) is 2. The molecule has 1 aromatic rings. The number of nitrogens with one attached hydrogen (secondary N) is 2. The van der Waals surface area contributed by atoms with Crippen LogP contribution in [0.15, 0.2) is 18.2 Å². The van der Waals surface area contributed by atoms with Crippen molar-refractivity contribution in [1.29, 1.82) is 0 Å². The maximum absolute atomic E-state index is 10.9. The summed E-state index contributed by atoms with van der Waals surface area (Å²) < 4.78 is 0. The van der Waals surface area contributed by atoms with E-state index in [-0.39, 0.29) is 16.1 Å². The maximum Gasteiger partial charge on any atom is 0.273 e. The van der Waals surface area contributed by atoms with Gasteiger partial charge in [-0.05, 0) is 33.3 Å². The minimum Gasteiger partial charge on any atom is -0.385 e. The molecule has 5 nitrogen and oxygen atoms in total. The van der Waals surface area contributed by atoms with E-state index >= 15 is 0 Å². The van der Waals surface area contributed by atoms with E-state index in [1.807, 2.05) is 13.0 Å². The molecule has 18 heavy (non-hydrogen) atoms. The smallest absolute Gasteiger partial charge is 0.273 e. The van der Waals surface area contributed by atoms with Gasteiger partial charge >= 0.3 is 0 Å². The molecular formula is C13H21N3O2. The van der Waals surface area contributed by atoms with Crippen LogP contribution < -0.4 is 10.6 Å². The summed E-state index contributed by atoms with van der Waals surface area (Å²) in [6.07, 6.45) is 0.937. The Bertz CT molecular complexity index is 430. The second kappa shape index (κ2) is 5.71. The molecule has 0 aliphatic carbocycles. The predicted octanol–water partition coefficient (Wildman–Crippen LogP) is 3.63.